The number of carboxylic acids is 1. The Bertz CT molecular complexity index is 950. The van der Waals surface area contributed by atoms with E-state index in [1.807, 2.05) is 45.0 Å². The maximum Gasteiger partial charge on any atom is 0.337 e. The van der Waals surface area contributed by atoms with Crippen molar-refractivity contribution < 1.29 is 14.7 Å². The summed E-state index contributed by atoms with van der Waals surface area (Å²) < 4.78 is 0. The van der Waals surface area contributed by atoms with Gasteiger partial charge in [-0.3, -0.25) is 4.98 Å². The average Bonchev–Trinajstić information content (AvgIpc) is 2.66. The number of carbonyl (C=O) groups is 2. The third-order valence-electron chi connectivity index (χ3n) is 5.15. The summed E-state index contributed by atoms with van der Waals surface area (Å²) in [6, 6.07) is 7.80. The fourth-order valence-corrected chi connectivity index (χ4v) is 3.44. The van der Waals surface area contributed by atoms with Crippen molar-refractivity contribution in [3.63, 3.8) is 0 Å². The highest BCUT2D eigenvalue weighted by molar-refractivity contribution is 5.89. The number of amides is 2. The summed E-state index contributed by atoms with van der Waals surface area (Å²) in [5.41, 5.74) is 4.20. The van der Waals surface area contributed by atoms with E-state index < -0.39 is 11.5 Å². The zero-order valence-electron chi connectivity index (χ0n) is 16.5. The molecular formula is C22H25N3O3. The molecule has 1 aliphatic heterocycles. The van der Waals surface area contributed by atoms with Crippen LogP contribution in [0.1, 0.15) is 53.4 Å². The van der Waals surface area contributed by atoms with Gasteiger partial charge in [-0.25, -0.2) is 9.59 Å². The van der Waals surface area contributed by atoms with E-state index in [1.54, 1.807) is 11.1 Å². The number of fused-ring (bicyclic) bond motifs is 1. The largest absolute Gasteiger partial charge is 0.478 e. The molecule has 0 unspecified atom stereocenters. The van der Waals surface area contributed by atoms with Gasteiger partial charge >= 0.3 is 12.0 Å². The van der Waals surface area contributed by atoms with E-state index in [0.29, 0.717) is 19.5 Å². The first kappa shape index (κ1) is 19.6. The number of aromatic carboxylic acids is 1. The summed E-state index contributed by atoms with van der Waals surface area (Å²) >= 11 is 0. The Hall–Kier alpha value is -3.15. The van der Waals surface area contributed by atoms with Gasteiger partial charge in [-0.05, 0) is 55.5 Å². The first-order valence-corrected chi connectivity index (χ1v) is 9.21. The van der Waals surface area contributed by atoms with Gasteiger partial charge in [0, 0.05) is 25.5 Å². The fraction of sp³-hybridized carbons (Fsp3) is 0.318. The van der Waals surface area contributed by atoms with Crippen LogP contribution in [-0.2, 0) is 18.5 Å². The van der Waals surface area contributed by atoms with E-state index >= 15 is 0 Å². The lowest BCUT2D eigenvalue weighted by Gasteiger charge is -2.34. The third kappa shape index (κ3) is 3.91. The summed E-state index contributed by atoms with van der Waals surface area (Å²) in [5.74, 6) is -0.985. The van der Waals surface area contributed by atoms with Crippen molar-refractivity contribution >= 4 is 17.6 Å². The fourth-order valence-electron chi connectivity index (χ4n) is 3.44. The van der Waals surface area contributed by atoms with Crippen molar-refractivity contribution in [3.8, 4) is 0 Å². The van der Waals surface area contributed by atoms with E-state index in [4.69, 9.17) is 0 Å². The Labute approximate surface area is 164 Å². The summed E-state index contributed by atoms with van der Waals surface area (Å²) in [5, 5.41) is 12.4. The number of benzene rings is 1. The molecule has 3 rings (SSSR count). The number of hydrogen-bond acceptors (Lipinski definition) is 3. The summed E-state index contributed by atoms with van der Waals surface area (Å²) in [4.78, 5) is 30.0. The molecule has 2 aromatic rings. The summed E-state index contributed by atoms with van der Waals surface area (Å²) in [6.07, 6.45) is 3.51. The molecule has 1 aliphatic rings. The highest BCUT2D eigenvalue weighted by Crippen LogP contribution is 2.26. The molecule has 6 heteroatoms. The number of carboxylic acid groups (broad SMARTS) is 1. The molecule has 146 valence electrons. The second-order valence-electron chi connectivity index (χ2n) is 7.72. The van der Waals surface area contributed by atoms with E-state index in [2.05, 4.69) is 16.9 Å². The summed E-state index contributed by atoms with van der Waals surface area (Å²) in [7, 11) is 0. The molecule has 0 saturated carbocycles. The number of carbonyl (C=O) groups excluding carboxylic acids is 1. The minimum atomic E-state index is -0.985. The molecule has 6 nitrogen and oxygen atoms in total. The lowest BCUT2D eigenvalue weighted by molar-refractivity contribution is 0.0694. The predicted octanol–water partition coefficient (Wildman–Crippen LogP) is 3.82. The van der Waals surface area contributed by atoms with Crippen LogP contribution in [0.3, 0.4) is 0 Å². The molecule has 0 radical (unpaired) electrons. The third-order valence-corrected chi connectivity index (χ3v) is 5.15. The molecule has 2 heterocycles. The maximum atomic E-state index is 12.9. The molecule has 1 aromatic carbocycles. The Kier molecular flexibility index (Phi) is 5.23. The molecular weight excluding hydrogens is 354 g/mol. The average molecular weight is 379 g/mol. The molecule has 0 spiro atoms. The van der Waals surface area contributed by atoms with Crippen LogP contribution >= 0.6 is 0 Å². The number of allylic oxidation sites excluding steroid dienone is 1. The SMILES string of the molecule is C=C(C)c1cccc(C(C)(C)NC(=O)N2CCc3c(cncc3C(=O)O)C2)c1. The minimum Gasteiger partial charge on any atom is -0.478 e. The van der Waals surface area contributed by atoms with Crippen LogP contribution in [0.4, 0.5) is 4.79 Å². The molecule has 0 aliphatic carbocycles. The van der Waals surface area contributed by atoms with Crippen LogP contribution in [0.25, 0.3) is 5.57 Å². The van der Waals surface area contributed by atoms with Gasteiger partial charge in [0.15, 0.2) is 0 Å². The van der Waals surface area contributed by atoms with Crippen molar-refractivity contribution in [2.45, 2.75) is 39.3 Å². The number of nitrogens with zero attached hydrogens (tertiary/aromatic N) is 2. The van der Waals surface area contributed by atoms with Gasteiger partial charge in [-0.2, -0.15) is 0 Å². The monoisotopic (exact) mass is 379 g/mol. The smallest absolute Gasteiger partial charge is 0.337 e. The number of aromatic nitrogens is 1. The van der Waals surface area contributed by atoms with Crippen LogP contribution in [0.5, 0.6) is 0 Å². The molecule has 1 aromatic heterocycles. The minimum absolute atomic E-state index is 0.183. The van der Waals surface area contributed by atoms with Crippen LogP contribution in [0.15, 0.2) is 43.2 Å². The zero-order chi connectivity index (χ0) is 20.5. The van der Waals surface area contributed by atoms with Crippen molar-refractivity contribution in [2.24, 2.45) is 0 Å². The van der Waals surface area contributed by atoms with Gasteiger partial charge in [0.1, 0.15) is 0 Å². The summed E-state index contributed by atoms with van der Waals surface area (Å²) in [6.45, 7) is 10.7. The van der Waals surface area contributed by atoms with Crippen LogP contribution < -0.4 is 5.32 Å². The molecule has 0 bridgehead atoms. The topological polar surface area (TPSA) is 82.5 Å². The van der Waals surface area contributed by atoms with Crippen LogP contribution in [-0.4, -0.2) is 33.5 Å². The lowest BCUT2D eigenvalue weighted by Crippen LogP contribution is -2.49. The van der Waals surface area contributed by atoms with E-state index in [9.17, 15) is 14.7 Å². The van der Waals surface area contributed by atoms with E-state index in [0.717, 1.165) is 27.8 Å². The highest BCUT2D eigenvalue weighted by atomic mass is 16.4. The number of urea groups is 1. The van der Waals surface area contributed by atoms with E-state index in [-0.39, 0.29) is 11.6 Å². The van der Waals surface area contributed by atoms with Gasteiger partial charge in [-0.15, -0.1) is 0 Å². The quantitative estimate of drug-likeness (QED) is 0.846. The first-order chi connectivity index (χ1) is 13.2. The molecule has 0 atom stereocenters. The molecule has 2 N–H and O–H groups in total. The standard InChI is InChI=1S/C22H25N3O3/c1-14(2)15-6-5-7-17(10-15)22(3,4)24-21(28)25-9-8-18-16(13-25)11-23-12-19(18)20(26)27/h5-7,10-12H,1,8-9,13H2,2-4H3,(H,24,28)(H,26,27). The van der Waals surface area contributed by atoms with Crippen LogP contribution in [0, 0.1) is 0 Å². The second-order valence-corrected chi connectivity index (χ2v) is 7.72. The van der Waals surface area contributed by atoms with Crippen molar-refractivity contribution in [3.05, 3.63) is 71.1 Å². The Morgan fingerprint density at radius 2 is 2.04 bits per heavy atom. The second kappa shape index (κ2) is 7.46. The van der Waals surface area contributed by atoms with Gasteiger partial charge in [0.2, 0.25) is 0 Å². The van der Waals surface area contributed by atoms with Crippen molar-refractivity contribution in [2.75, 3.05) is 6.54 Å². The Morgan fingerprint density at radius 1 is 1.29 bits per heavy atom. The Morgan fingerprint density at radius 3 is 2.71 bits per heavy atom. The molecule has 0 fully saturated rings. The normalized spacial score (nSPS) is 13.6. The maximum absolute atomic E-state index is 12.9. The van der Waals surface area contributed by atoms with Gasteiger partial charge in [0.05, 0.1) is 11.1 Å². The molecule has 2 amide bonds. The van der Waals surface area contributed by atoms with Crippen LogP contribution in [0.2, 0.25) is 0 Å². The van der Waals surface area contributed by atoms with Crippen molar-refractivity contribution in [1.29, 1.82) is 0 Å². The highest BCUT2D eigenvalue weighted by Gasteiger charge is 2.29. The Balaban J connectivity index is 1.76. The predicted molar refractivity (Wildman–Crippen MR) is 108 cm³/mol. The number of hydrogen-bond donors (Lipinski definition) is 2. The molecule has 0 saturated heterocycles. The van der Waals surface area contributed by atoms with Gasteiger partial charge in [-0.1, -0.05) is 30.4 Å². The van der Waals surface area contributed by atoms with E-state index in [1.165, 1.54) is 6.20 Å². The molecule has 28 heavy (non-hydrogen) atoms. The van der Waals surface area contributed by atoms with Gasteiger partial charge in [0.25, 0.3) is 0 Å². The number of nitrogens with one attached hydrogen (secondary N) is 1. The first-order valence-electron chi connectivity index (χ1n) is 9.21. The zero-order valence-corrected chi connectivity index (χ0v) is 16.5. The lowest BCUT2D eigenvalue weighted by atomic mass is 9.91. The number of pyridine rings is 1. The van der Waals surface area contributed by atoms with Crippen molar-refractivity contribution in [1.82, 2.24) is 15.2 Å². The number of rotatable bonds is 4. The van der Waals surface area contributed by atoms with Gasteiger partial charge < -0.3 is 15.3 Å².